The molecule has 1 atom stereocenters. The molecule has 0 spiro atoms. The summed E-state index contributed by atoms with van der Waals surface area (Å²) in [5.74, 6) is 1.97. The lowest BCUT2D eigenvalue weighted by molar-refractivity contribution is 0.452. The van der Waals surface area contributed by atoms with Crippen molar-refractivity contribution in [3.05, 3.63) is 90.0 Å². The van der Waals surface area contributed by atoms with E-state index in [2.05, 4.69) is 59.6 Å². The van der Waals surface area contributed by atoms with Crippen molar-refractivity contribution >= 4 is 11.8 Å². The lowest BCUT2D eigenvalue weighted by Gasteiger charge is -2.25. The second-order valence-corrected chi connectivity index (χ2v) is 9.15. The van der Waals surface area contributed by atoms with Crippen LogP contribution in [0.3, 0.4) is 0 Å². The fourth-order valence-electron chi connectivity index (χ4n) is 4.56. The van der Waals surface area contributed by atoms with E-state index in [1.165, 1.54) is 12.0 Å². The fourth-order valence-corrected chi connectivity index (χ4v) is 5.49. The smallest absolute Gasteiger partial charge is 0.166 e. The largest absolute Gasteiger partial charge is 0.508 e. The Morgan fingerprint density at radius 1 is 0.903 bits per heavy atom. The Morgan fingerprint density at radius 3 is 2.42 bits per heavy atom. The molecule has 3 nitrogen and oxygen atoms in total. The molecule has 4 heteroatoms. The van der Waals surface area contributed by atoms with E-state index in [0.717, 1.165) is 58.2 Å². The number of fused-ring (bicyclic) bond motifs is 1. The highest BCUT2D eigenvalue weighted by Gasteiger charge is 2.22. The van der Waals surface area contributed by atoms with Crippen molar-refractivity contribution in [2.24, 2.45) is 0 Å². The lowest BCUT2D eigenvalue weighted by atomic mass is 9.81. The van der Waals surface area contributed by atoms with Crippen molar-refractivity contribution in [1.82, 2.24) is 9.97 Å². The van der Waals surface area contributed by atoms with Gasteiger partial charge in [-0.1, -0.05) is 84.6 Å². The standard InChI is InChI=1S/C27H26N2OS/c30-24-16-8-14-22-19(13-7-15-23(22)24)17-18-31-27-28-25(20-9-3-1-4-10-20)26(29-27)21-11-5-2-6-12-21/h1-6,8-12,14,16,19,30H,7,13,15,17-18H2,(H,28,29). The summed E-state index contributed by atoms with van der Waals surface area (Å²) in [4.78, 5) is 8.54. The molecule has 0 bridgehead atoms. The molecule has 0 fully saturated rings. The summed E-state index contributed by atoms with van der Waals surface area (Å²) < 4.78 is 0. The van der Waals surface area contributed by atoms with Gasteiger partial charge in [-0.3, -0.25) is 0 Å². The van der Waals surface area contributed by atoms with E-state index in [9.17, 15) is 5.11 Å². The average molecular weight is 427 g/mol. The maximum absolute atomic E-state index is 10.2. The molecule has 0 amide bonds. The number of nitrogens with one attached hydrogen (secondary N) is 1. The first-order valence-corrected chi connectivity index (χ1v) is 11.9. The van der Waals surface area contributed by atoms with Gasteiger partial charge in [0, 0.05) is 16.9 Å². The second kappa shape index (κ2) is 9.03. The minimum atomic E-state index is 0.459. The molecule has 1 aliphatic carbocycles. The SMILES string of the molecule is Oc1cccc2c1CCCC2CCSc1nc(-c2ccccc2)c(-c2ccccc2)[nH]1. The van der Waals surface area contributed by atoms with Crippen LogP contribution in [0.25, 0.3) is 22.5 Å². The number of aromatic nitrogens is 2. The van der Waals surface area contributed by atoms with Gasteiger partial charge in [0.2, 0.25) is 0 Å². The highest BCUT2D eigenvalue weighted by molar-refractivity contribution is 7.99. The van der Waals surface area contributed by atoms with Gasteiger partial charge < -0.3 is 10.1 Å². The summed E-state index contributed by atoms with van der Waals surface area (Å²) in [6, 6.07) is 26.8. The zero-order valence-corrected chi connectivity index (χ0v) is 18.2. The van der Waals surface area contributed by atoms with E-state index in [0.29, 0.717) is 11.7 Å². The number of nitrogens with zero attached hydrogens (tertiary/aromatic N) is 1. The Morgan fingerprint density at radius 2 is 1.65 bits per heavy atom. The van der Waals surface area contributed by atoms with Crippen LogP contribution in [-0.4, -0.2) is 20.8 Å². The molecule has 1 heterocycles. The van der Waals surface area contributed by atoms with Crippen molar-refractivity contribution in [3.63, 3.8) is 0 Å². The summed E-state index contributed by atoms with van der Waals surface area (Å²) in [6.45, 7) is 0. The van der Waals surface area contributed by atoms with E-state index in [-0.39, 0.29) is 0 Å². The minimum Gasteiger partial charge on any atom is -0.508 e. The van der Waals surface area contributed by atoms with E-state index in [1.54, 1.807) is 11.8 Å². The second-order valence-electron chi connectivity index (χ2n) is 8.07. The van der Waals surface area contributed by atoms with Crippen LogP contribution in [0.1, 0.15) is 36.3 Å². The third kappa shape index (κ3) is 4.26. The summed E-state index contributed by atoms with van der Waals surface area (Å²) in [5.41, 5.74) is 6.84. The van der Waals surface area contributed by atoms with Crippen LogP contribution in [0, 0.1) is 0 Å². The molecule has 2 N–H and O–H groups in total. The number of rotatable bonds is 6. The Bertz CT molecular complexity index is 1100. The zero-order valence-electron chi connectivity index (χ0n) is 17.4. The summed E-state index contributed by atoms with van der Waals surface area (Å²) in [7, 11) is 0. The molecule has 0 saturated carbocycles. The van der Waals surface area contributed by atoms with E-state index in [1.807, 2.05) is 24.3 Å². The van der Waals surface area contributed by atoms with E-state index in [4.69, 9.17) is 4.98 Å². The first-order valence-electron chi connectivity index (χ1n) is 10.9. The zero-order chi connectivity index (χ0) is 21.0. The molecule has 1 unspecified atom stereocenters. The molecular weight excluding hydrogens is 400 g/mol. The number of benzene rings is 3. The highest BCUT2D eigenvalue weighted by atomic mass is 32.2. The topological polar surface area (TPSA) is 48.9 Å². The number of imidazole rings is 1. The minimum absolute atomic E-state index is 0.459. The maximum atomic E-state index is 10.2. The number of hydrogen-bond acceptors (Lipinski definition) is 3. The number of H-pyrrole nitrogens is 1. The molecule has 1 aromatic heterocycles. The average Bonchev–Trinajstić information content (AvgIpc) is 3.25. The monoisotopic (exact) mass is 426 g/mol. The number of aromatic hydroxyl groups is 1. The van der Waals surface area contributed by atoms with Gasteiger partial charge in [-0.2, -0.15) is 0 Å². The molecule has 0 aliphatic heterocycles. The van der Waals surface area contributed by atoms with Gasteiger partial charge in [0.1, 0.15) is 5.75 Å². The van der Waals surface area contributed by atoms with Crippen LogP contribution in [0.4, 0.5) is 0 Å². The van der Waals surface area contributed by atoms with Gasteiger partial charge in [-0.25, -0.2) is 4.98 Å². The molecule has 0 saturated heterocycles. The van der Waals surface area contributed by atoms with Crippen molar-refractivity contribution in [2.45, 2.75) is 36.8 Å². The number of phenolic OH excluding ortho intramolecular Hbond substituents is 1. The van der Waals surface area contributed by atoms with Gasteiger partial charge in [0.15, 0.2) is 5.16 Å². The van der Waals surface area contributed by atoms with Crippen molar-refractivity contribution in [3.8, 4) is 28.3 Å². The summed E-state index contributed by atoms with van der Waals surface area (Å²) in [5, 5.41) is 11.2. The van der Waals surface area contributed by atoms with Crippen molar-refractivity contribution < 1.29 is 5.11 Å². The molecule has 1 aliphatic rings. The van der Waals surface area contributed by atoms with Gasteiger partial charge >= 0.3 is 0 Å². The van der Waals surface area contributed by atoms with E-state index < -0.39 is 0 Å². The summed E-state index contributed by atoms with van der Waals surface area (Å²) >= 11 is 1.79. The normalized spacial score (nSPS) is 15.5. The first kappa shape index (κ1) is 20.0. The van der Waals surface area contributed by atoms with Crippen LogP contribution < -0.4 is 0 Å². The Hall–Kier alpha value is -2.98. The van der Waals surface area contributed by atoms with Gasteiger partial charge in [-0.05, 0) is 48.8 Å². The predicted octanol–water partition coefficient (Wildman–Crippen LogP) is 7.05. The van der Waals surface area contributed by atoms with Crippen LogP contribution in [-0.2, 0) is 6.42 Å². The molecule has 5 rings (SSSR count). The Kier molecular flexibility index (Phi) is 5.81. The quantitative estimate of drug-likeness (QED) is 0.325. The van der Waals surface area contributed by atoms with Gasteiger partial charge in [0.05, 0.1) is 11.4 Å². The van der Waals surface area contributed by atoms with Crippen LogP contribution in [0.5, 0.6) is 5.75 Å². The maximum Gasteiger partial charge on any atom is 0.166 e. The molecular formula is C27H26N2OS. The fraction of sp³-hybridized carbons (Fsp3) is 0.222. The summed E-state index contributed by atoms with van der Waals surface area (Å²) in [6.07, 6.45) is 4.42. The Balaban J connectivity index is 1.35. The Labute approximate surface area is 187 Å². The van der Waals surface area contributed by atoms with Crippen molar-refractivity contribution in [2.75, 3.05) is 5.75 Å². The van der Waals surface area contributed by atoms with Crippen LogP contribution >= 0.6 is 11.8 Å². The number of hydrogen-bond donors (Lipinski definition) is 2. The first-order chi connectivity index (χ1) is 15.3. The molecule has 156 valence electrons. The lowest BCUT2D eigenvalue weighted by Crippen LogP contribution is -2.10. The van der Waals surface area contributed by atoms with Crippen LogP contribution in [0.15, 0.2) is 84.0 Å². The van der Waals surface area contributed by atoms with Crippen molar-refractivity contribution in [1.29, 1.82) is 0 Å². The molecule has 3 aromatic carbocycles. The van der Waals surface area contributed by atoms with Gasteiger partial charge in [0.25, 0.3) is 0 Å². The third-order valence-corrected chi connectivity index (χ3v) is 7.01. The highest BCUT2D eigenvalue weighted by Crippen LogP contribution is 2.39. The number of phenols is 1. The third-order valence-electron chi connectivity index (χ3n) is 6.10. The molecule has 31 heavy (non-hydrogen) atoms. The number of thioether (sulfide) groups is 1. The van der Waals surface area contributed by atoms with Crippen LogP contribution in [0.2, 0.25) is 0 Å². The van der Waals surface area contributed by atoms with E-state index >= 15 is 0 Å². The molecule has 0 radical (unpaired) electrons. The molecule has 4 aromatic rings. The predicted molar refractivity (Wildman–Crippen MR) is 129 cm³/mol. The number of aromatic amines is 1. The van der Waals surface area contributed by atoms with Gasteiger partial charge in [-0.15, -0.1) is 0 Å².